The highest BCUT2D eigenvalue weighted by atomic mass is 16.6. The van der Waals surface area contributed by atoms with Crippen LogP contribution in [0, 0.1) is 80.0 Å². The van der Waals surface area contributed by atoms with Crippen LogP contribution in [0.2, 0.25) is 0 Å². The Balaban J connectivity index is 1.86. The minimum atomic E-state index is -0.686. The molecule has 0 aromatic heterocycles. The van der Waals surface area contributed by atoms with Crippen molar-refractivity contribution in [3.05, 3.63) is 121 Å². The van der Waals surface area contributed by atoms with E-state index in [1.807, 2.05) is 58.0 Å². The van der Waals surface area contributed by atoms with E-state index in [1.54, 1.807) is 33.3 Å². The lowest BCUT2D eigenvalue weighted by Crippen LogP contribution is -2.17. The van der Waals surface area contributed by atoms with E-state index in [0.717, 1.165) is 90.5 Å². The summed E-state index contributed by atoms with van der Waals surface area (Å²) in [5.74, 6) is 33.2. The van der Waals surface area contributed by atoms with Gasteiger partial charge in [0.1, 0.15) is 30.5 Å². The van der Waals surface area contributed by atoms with E-state index in [2.05, 4.69) is 86.0 Å². The number of benzene rings is 4. The lowest BCUT2D eigenvalue weighted by atomic mass is 9.97. The van der Waals surface area contributed by atoms with Gasteiger partial charge in [0.05, 0.1) is 114 Å². The highest BCUT2D eigenvalue weighted by molar-refractivity contribution is 5.98. The molecule has 0 heterocycles. The smallest absolute Gasteiger partial charge is 0.339 e. The van der Waals surface area contributed by atoms with E-state index < -0.39 is 11.9 Å². The molecular weight excluding hydrogens is 1230 g/mol. The van der Waals surface area contributed by atoms with Crippen molar-refractivity contribution in [3.63, 3.8) is 0 Å². The number of hydrogen-bond acceptors (Lipinski definition) is 13. The van der Waals surface area contributed by atoms with Crippen molar-refractivity contribution in [3.8, 4) is 76.5 Å². The molecule has 0 radical (unpaired) electrons. The Bertz CT molecular complexity index is 3280. The summed E-state index contributed by atoms with van der Waals surface area (Å²) in [6.07, 6.45) is 28.3. The van der Waals surface area contributed by atoms with Gasteiger partial charge in [-0.25, -0.2) is 9.59 Å². The van der Waals surface area contributed by atoms with Gasteiger partial charge >= 0.3 is 11.9 Å². The van der Waals surface area contributed by atoms with Crippen LogP contribution < -0.4 is 14.2 Å². The zero-order valence-electron chi connectivity index (χ0n) is 61.5. The molecular formula is C85H116O13. The van der Waals surface area contributed by atoms with Gasteiger partial charge in [-0.15, -0.1) is 11.8 Å². The standard InChI is InChI=1S/C85H116O13/c1-11-16-19-22-25-28-31-34-45-94-81-66-73(69(7)60-76(81)38-15-5)40-43-77-62-70(8)72(67-83(77)96-47-36-33-30-27-24-21-18-13-3)39-41-74-63-80(85(87)98-59-57-93-55-53-91-51-49-89-10)75(64-79(74)84(86)97-58-56-92-54-52-90-50-48-88-9)42-44-78-61-68(6)71(37-14-4)65-82(78)95-46-35-32-29-26-23-20-17-12-2/h60-67H,11-13,16-36,45-59H2,1-10H3. The largest absolute Gasteiger partial charge is 0.492 e. The number of methoxy groups -OCH3 is 2. The van der Waals surface area contributed by atoms with E-state index in [9.17, 15) is 9.59 Å². The maximum absolute atomic E-state index is 14.6. The van der Waals surface area contributed by atoms with Gasteiger partial charge < -0.3 is 52.1 Å². The Morgan fingerprint density at radius 1 is 0.286 bits per heavy atom. The van der Waals surface area contributed by atoms with Crippen molar-refractivity contribution >= 4 is 11.9 Å². The van der Waals surface area contributed by atoms with Crippen molar-refractivity contribution in [2.45, 2.75) is 209 Å². The summed E-state index contributed by atoms with van der Waals surface area (Å²) in [4.78, 5) is 29.1. The maximum Gasteiger partial charge on any atom is 0.339 e. The molecule has 4 aromatic rings. The molecule has 0 fully saturated rings. The fraction of sp³-hybridized carbons (Fsp3) is 0.576. The summed E-state index contributed by atoms with van der Waals surface area (Å²) in [6, 6.07) is 15.0. The Hall–Kier alpha value is -7.22. The van der Waals surface area contributed by atoms with Crippen LogP contribution in [0.15, 0.2) is 48.5 Å². The summed E-state index contributed by atoms with van der Waals surface area (Å²) < 4.78 is 64.2. The van der Waals surface area contributed by atoms with Crippen molar-refractivity contribution < 1.29 is 61.7 Å². The number of carbonyl (C=O) groups is 2. The first kappa shape index (κ1) is 83.2. The topological polar surface area (TPSA) is 136 Å². The molecule has 0 aliphatic heterocycles. The third kappa shape index (κ3) is 34.5. The van der Waals surface area contributed by atoms with Crippen LogP contribution in [0.3, 0.4) is 0 Å². The monoisotopic (exact) mass is 1340 g/mol. The summed E-state index contributed by atoms with van der Waals surface area (Å²) in [7, 11) is 3.23. The fourth-order valence-corrected chi connectivity index (χ4v) is 10.7. The van der Waals surface area contributed by atoms with E-state index in [4.69, 9.17) is 52.1 Å². The SMILES string of the molecule is CC#Cc1cc(OCCCCCCCCCC)c(C#Cc2cc(C(=O)OCCOCCOCCOC)c(C#Cc3cc(OCCCCCCCCCC)c(C#Cc4cc(OCCCCCCCCCC)c(C#CC)cc4C)cc3C)cc2C(=O)OCCOCCOCCOC)cc1C. The summed E-state index contributed by atoms with van der Waals surface area (Å²) in [5, 5.41) is 0. The number of ether oxygens (including phenoxy) is 11. The Kier molecular flexibility index (Phi) is 45.6. The van der Waals surface area contributed by atoms with Gasteiger partial charge in [0.25, 0.3) is 0 Å². The molecule has 0 saturated carbocycles. The Morgan fingerprint density at radius 2 is 0.541 bits per heavy atom. The van der Waals surface area contributed by atoms with E-state index >= 15 is 0 Å². The van der Waals surface area contributed by atoms with Crippen LogP contribution in [-0.4, -0.2) is 125 Å². The fourth-order valence-electron chi connectivity index (χ4n) is 10.7. The van der Waals surface area contributed by atoms with Crippen LogP contribution in [0.25, 0.3) is 0 Å². The first-order valence-electron chi connectivity index (χ1n) is 36.6. The summed E-state index contributed by atoms with van der Waals surface area (Å²) in [6.45, 7) is 21.2. The van der Waals surface area contributed by atoms with Crippen molar-refractivity contribution in [2.75, 3.05) is 113 Å². The zero-order chi connectivity index (χ0) is 70.5. The molecule has 0 bridgehead atoms. The predicted octanol–water partition coefficient (Wildman–Crippen LogP) is 17.8. The number of hydrogen-bond donors (Lipinski definition) is 0. The van der Waals surface area contributed by atoms with E-state index in [-0.39, 0.29) is 48.7 Å². The number of carbonyl (C=O) groups excluding carboxylic acids is 2. The second kappa shape index (κ2) is 53.7. The molecule has 4 rings (SSSR count). The molecule has 0 spiro atoms. The minimum absolute atomic E-state index is 0.0647. The van der Waals surface area contributed by atoms with Crippen molar-refractivity contribution in [1.29, 1.82) is 0 Å². The lowest BCUT2D eigenvalue weighted by molar-refractivity contribution is 0.00533. The quantitative estimate of drug-likeness (QED) is 0.0236. The van der Waals surface area contributed by atoms with Crippen LogP contribution in [0.4, 0.5) is 0 Å². The molecule has 0 saturated heterocycles. The Labute approximate surface area is 590 Å². The zero-order valence-corrected chi connectivity index (χ0v) is 61.5. The molecule has 13 nitrogen and oxygen atoms in total. The Morgan fingerprint density at radius 3 is 0.857 bits per heavy atom. The van der Waals surface area contributed by atoms with Gasteiger partial charge in [0.15, 0.2) is 0 Å². The third-order valence-electron chi connectivity index (χ3n) is 16.4. The highest BCUT2D eigenvalue weighted by Crippen LogP contribution is 2.29. The number of unbranched alkanes of at least 4 members (excludes halogenated alkanes) is 21. The van der Waals surface area contributed by atoms with Gasteiger partial charge in [0, 0.05) is 42.0 Å². The number of esters is 2. The summed E-state index contributed by atoms with van der Waals surface area (Å²) >= 11 is 0. The molecule has 4 aromatic carbocycles. The molecule has 0 amide bonds. The highest BCUT2D eigenvalue weighted by Gasteiger charge is 2.22. The molecule has 98 heavy (non-hydrogen) atoms. The van der Waals surface area contributed by atoms with Gasteiger partial charge in [-0.2, -0.15) is 0 Å². The molecule has 0 unspecified atom stereocenters. The average Bonchev–Trinajstić information content (AvgIpc) is 0.809. The summed E-state index contributed by atoms with van der Waals surface area (Å²) in [5.41, 5.74) is 7.80. The predicted molar refractivity (Wildman–Crippen MR) is 395 cm³/mol. The van der Waals surface area contributed by atoms with Crippen LogP contribution >= 0.6 is 0 Å². The van der Waals surface area contributed by atoms with Crippen LogP contribution in [0.1, 0.15) is 271 Å². The van der Waals surface area contributed by atoms with Crippen molar-refractivity contribution in [2.24, 2.45) is 0 Å². The third-order valence-corrected chi connectivity index (χ3v) is 16.4. The van der Waals surface area contributed by atoms with Gasteiger partial charge in [-0.05, 0) is 119 Å². The normalized spacial score (nSPS) is 10.6. The molecule has 534 valence electrons. The van der Waals surface area contributed by atoms with Crippen molar-refractivity contribution in [1.82, 2.24) is 0 Å². The molecule has 0 aliphatic rings. The van der Waals surface area contributed by atoms with E-state index in [0.29, 0.717) is 101 Å². The first-order valence-corrected chi connectivity index (χ1v) is 36.6. The first-order chi connectivity index (χ1) is 48.0. The second-order valence-corrected chi connectivity index (χ2v) is 24.6. The molecule has 0 atom stereocenters. The number of rotatable bonds is 50. The van der Waals surface area contributed by atoms with Crippen LogP contribution in [-0.2, 0) is 37.9 Å². The second-order valence-electron chi connectivity index (χ2n) is 24.6. The molecule has 0 N–H and O–H groups in total. The van der Waals surface area contributed by atoms with Gasteiger partial charge in [0.2, 0.25) is 0 Å². The number of aryl methyl sites for hydroxylation is 3. The van der Waals surface area contributed by atoms with Gasteiger partial charge in [-0.3, -0.25) is 0 Å². The lowest BCUT2D eigenvalue weighted by Gasteiger charge is -2.13. The van der Waals surface area contributed by atoms with Crippen LogP contribution in [0.5, 0.6) is 17.2 Å². The van der Waals surface area contributed by atoms with E-state index in [1.165, 1.54) is 103 Å². The molecule has 13 heteroatoms. The van der Waals surface area contributed by atoms with Gasteiger partial charge in [-0.1, -0.05) is 203 Å². The molecule has 0 aliphatic carbocycles. The average molecular weight is 1350 g/mol. The minimum Gasteiger partial charge on any atom is -0.492 e. The maximum atomic E-state index is 14.6.